The number of likely N-dealkylation sites (tertiary alicyclic amines) is 1. The van der Waals surface area contributed by atoms with Crippen LogP contribution in [0.15, 0.2) is 0 Å². The molecule has 1 aliphatic rings. The number of aliphatic hydroxyl groups is 1. The van der Waals surface area contributed by atoms with Crippen LogP contribution in [0.4, 0.5) is 0 Å². The van der Waals surface area contributed by atoms with Crippen molar-refractivity contribution in [2.45, 2.75) is 180 Å². The Labute approximate surface area is 439 Å². The highest BCUT2D eigenvalue weighted by molar-refractivity contribution is 6.00. The van der Waals surface area contributed by atoms with Gasteiger partial charge in [0.2, 0.25) is 76.8 Å². The number of rotatable bonds is 33. The molecule has 0 saturated carbocycles. The van der Waals surface area contributed by atoms with Gasteiger partial charge in [-0.25, -0.2) is 4.79 Å². The molecule has 0 aliphatic carbocycles. The molecule has 1 rings (SSSR count). The minimum absolute atomic E-state index is 0.0307. The summed E-state index contributed by atoms with van der Waals surface area (Å²) >= 11 is 0. The third-order valence-electron chi connectivity index (χ3n) is 11.9. The Morgan fingerprint density at radius 3 is 1.47 bits per heavy atom. The van der Waals surface area contributed by atoms with Crippen LogP contribution in [0.1, 0.15) is 113 Å². The number of carbonyl (C=O) groups excluding carboxylic acids is 13. The maximum absolute atomic E-state index is 14.2. The molecular weight excluding hydrogens is 1000 g/mol. The van der Waals surface area contributed by atoms with Gasteiger partial charge in [0.15, 0.2) is 0 Å². The summed E-state index contributed by atoms with van der Waals surface area (Å²) in [6, 6.07) is -15.0. The minimum atomic E-state index is -1.88. The number of hydrogen-bond donors (Lipinski definition) is 15. The Bertz CT molecular complexity index is 2160. The molecule has 0 bridgehead atoms. The van der Waals surface area contributed by atoms with E-state index in [0.29, 0.717) is 0 Å². The van der Waals surface area contributed by atoms with E-state index in [0.717, 1.165) is 11.8 Å². The molecule has 428 valence electrons. The van der Waals surface area contributed by atoms with Crippen LogP contribution >= 0.6 is 0 Å². The molecule has 0 unspecified atom stereocenters. The Kier molecular flexibility index (Phi) is 27.5. The summed E-state index contributed by atoms with van der Waals surface area (Å²) in [4.78, 5) is 182. The Morgan fingerprint density at radius 2 is 0.974 bits per heavy atom. The molecule has 0 spiro atoms. The summed E-state index contributed by atoms with van der Waals surface area (Å²) in [7, 11) is 0. The second-order valence-electron chi connectivity index (χ2n) is 19.8. The molecular formula is C46H78N14O16. The van der Waals surface area contributed by atoms with Gasteiger partial charge in [-0.05, 0) is 63.7 Å². The largest absolute Gasteiger partial charge is 0.480 e. The highest BCUT2D eigenvalue weighted by Crippen LogP contribution is 2.21. The lowest BCUT2D eigenvalue weighted by atomic mass is 10.0. The van der Waals surface area contributed by atoms with Gasteiger partial charge in [-0.3, -0.25) is 62.3 Å². The van der Waals surface area contributed by atoms with Gasteiger partial charge in [0.25, 0.3) is 0 Å². The van der Waals surface area contributed by atoms with Gasteiger partial charge in [0.1, 0.15) is 54.4 Å². The first-order chi connectivity index (χ1) is 35.2. The van der Waals surface area contributed by atoms with E-state index in [2.05, 4.69) is 42.5 Å². The number of nitrogens with zero attached hydrogens (tertiary/aromatic N) is 1. The lowest BCUT2D eigenvalue weighted by Crippen LogP contribution is -2.61. The van der Waals surface area contributed by atoms with E-state index in [1.165, 1.54) is 20.8 Å². The van der Waals surface area contributed by atoms with Gasteiger partial charge in [-0.15, -0.1) is 0 Å². The molecule has 1 fully saturated rings. The normalized spacial score (nSPS) is 17.2. The summed E-state index contributed by atoms with van der Waals surface area (Å²) in [5, 5.41) is 38.8. The number of carbonyl (C=O) groups is 14. The number of aliphatic hydroxyl groups excluding tert-OH is 1. The lowest BCUT2D eigenvalue weighted by Gasteiger charge is -2.31. The van der Waals surface area contributed by atoms with E-state index in [9.17, 15) is 77.3 Å². The molecule has 20 N–H and O–H groups in total. The highest BCUT2D eigenvalue weighted by atomic mass is 16.4. The van der Waals surface area contributed by atoms with E-state index >= 15 is 0 Å². The molecule has 0 aromatic heterocycles. The molecule has 0 aromatic rings. The zero-order valence-electron chi connectivity index (χ0n) is 44.1. The van der Waals surface area contributed by atoms with E-state index in [-0.39, 0.29) is 44.6 Å². The van der Waals surface area contributed by atoms with Gasteiger partial charge in [0, 0.05) is 19.4 Å². The van der Waals surface area contributed by atoms with Gasteiger partial charge in [-0.2, -0.15) is 0 Å². The lowest BCUT2D eigenvalue weighted by molar-refractivity contribution is -0.144. The molecule has 0 aromatic carbocycles. The number of amides is 13. The van der Waals surface area contributed by atoms with Gasteiger partial charge in [0.05, 0.1) is 25.0 Å². The van der Waals surface area contributed by atoms with E-state index in [1.807, 2.05) is 0 Å². The van der Waals surface area contributed by atoms with Gasteiger partial charge in [-0.1, -0.05) is 41.5 Å². The topological polar surface area (TPSA) is 509 Å². The van der Waals surface area contributed by atoms with Crippen LogP contribution in [-0.4, -0.2) is 171 Å². The van der Waals surface area contributed by atoms with Crippen LogP contribution in [-0.2, 0) is 67.1 Å². The average molecular weight is 1080 g/mol. The predicted molar refractivity (Wildman–Crippen MR) is 267 cm³/mol. The van der Waals surface area contributed by atoms with Crippen LogP contribution in [0, 0.1) is 17.8 Å². The maximum atomic E-state index is 14.2. The van der Waals surface area contributed by atoms with Gasteiger partial charge >= 0.3 is 5.97 Å². The Balaban J connectivity index is 3.37. The van der Waals surface area contributed by atoms with Crippen molar-refractivity contribution in [3.63, 3.8) is 0 Å². The van der Waals surface area contributed by atoms with Crippen molar-refractivity contribution < 1.29 is 77.3 Å². The summed E-state index contributed by atoms with van der Waals surface area (Å²) in [5.41, 5.74) is 27.2. The number of primary amides is 4. The number of aliphatic carboxylic acids is 1. The third kappa shape index (κ3) is 22.5. The van der Waals surface area contributed by atoms with Crippen LogP contribution in [0.3, 0.4) is 0 Å². The van der Waals surface area contributed by atoms with E-state index < -0.39 is 187 Å². The zero-order valence-corrected chi connectivity index (χ0v) is 44.1. The molecule has 1 saturated heterocycles. The van der Waals surface area contributed by atoms with Crippen LogP contribution in [0.5, 0.6) is 0 Å². The third-order valence-corrected chi connectivity index (χ3v) is 11.9. The SMILES string of the molecule is CC(C)C[C@H](NC(=O)[C@H](C)NC(=O)[C@@H](NC(=O)[C@@H](N)CCC(N)=O)C(C)C)C(=O)N[C@@H](CC(N)=O)C(=O)N1CCC[C@H]1C(=O)N[C@@H](CCC(N)=O)C(=O)N[C@@H](CC(N)=O)C(=O)N[C@H](C(=O)N[C@H](C(=O)O)C(C)C)[C@@H](C)O. The summed E-state index contributed by atoms with van der Waals surface area (Å²) < 4.78 is 0. The monoisotopic (exact) mass is 1080 g/mol. The van der Waals surface area contributed by atoms with E-state index in [4.69, 9.17) is 28.7 Å². The summed E-state index contributed by atoms with van der Waals surface area (Å²) in [6.07, 6.45) is -4.52. The predicted octanol–water partition coefficient (Wildman–Crippen LogP) is -6.69. The molecule has 13 amide bonds. The van der Waals surface area contributed by atoms with Gasteiger partial charge < -0.3 is 86.3 Å². The second kappa shape index (κ2) is 31.4. The number of carboxylic acids is 1. The molecule has 30 nitrogen and oxygen atoms in total. The first-order valence-corrected chi connectivity index (χ1v) is 24.7. The number of nitrogens with one attached hydrogen (secondary N) is 8. The van der Waals surface area contributed by atoms with E-state index in [1.54, 1.807) is 27.7 Å². The first-order valence-electron chi connectivity index (χ1n) is 24.7. The fraction of sp³-hybridized carbons (Fsp3) is 0.696. The fourth-order valence-corrected chi connectivity index (χ4v) is 7.69. The standard InChI is InChI=1S/C46H78N14O16/c1-19(2)16-26(54-37(66)22(7)52-43(72)34(20(3)4)57-38(67)24(47)11-13-30(48)62)40(69)56-28(18-33(51)65)45(74)60-15-9-10-29(60)42(71)53-25(12-14-31(49)63)39(68)55-27(17-32(50)64)41(70)59-36(23(8)61)44(73)58-35(21(5)6)46(75)76/h19-29,34-36,61H,9-18,47H2,1-8H3,(H2,48,62)(H2,49,63)(H2,50,64)(H2,51,65)(H,52,72)(H,53,71)(H,54,66)(H,55,68)(H,56,69)(H,57,67)(H,58,73)(H,59,70)(H,75,76)/t22-,23+,24-,25-,26-,27-,28-,29-,34-,35-,36-/m0/s1. The van der Waals surface area contributed by atoms with Crippen molar-refractivity contribution in [2.75, 3.05) is 6.54 Å². The Morgan fingerprint density at radius 1 is 0.513 bits per heavy atom. The first kappa shape index (κ1) is 66.5. The molecule has 30 heteroatoms. The molecule has 76 heavy (non-hydrogen) atoms. The minimum Gasteiger partial charge on any atom is -0.480 e. The fourth-order valence-electron chi connectivity index (χ4n) is 7.69. The summed E-state index contributed by atoms with van der Waals surface area (Å²) in [6.45, 7) is 11.9. The summed E-state index contributed by atoms with van der Waals surface area (Å²) in [5.74, 6) is -15.5. The van der Waals surface area contributed by atoms with Crippen LogP contribution < -0.4 is 71.2 Å². The van der Waals surface area contributed by atoms with Crippen molar-refractivity contribution in [3.05, 3.63) is 0 Å². The van der Waals surface area contributed by atoms with Crippen molar-refractivity contribution >= 4 is 82.8 Å². The van der Waals surface area contributed by atoms with Crippen molar-refractivity contribution in [1.82, 2.24) is 47.4 Å². The molecule has 1 heterocycles. The molecule has 1 aliphatic heterocycles. The van der Waals surface area contributed by atoms with Crippen molar-refractivity contribution in [1.29, 1.82) is 0 Å². The van der Waals surface area contributed by atoms with Crippen molar-refractivity contribution in [3.8, 4) is 0 Å². The zero-order chi connectivity index (χ0) is 58.5. The molecule has 11 atom stereocenters. The average Bonchev–Trinajstić information content (AvgIpc) is 3.80. The molecule has 0 radical (unpaired) electrons. The number of nitrogens with two attached hydrogens (primary N) is 5. The van der Waals surface area contributed by atoms with Crippen LogP contribution in [0.25, 0.3) is 0 Å². The maximum Gasteiger partial charge on any atom is 0.326 e. The number of carboxylic acid groups (broad SMARTS) is 1. The number of hydrogen-bond acceptors (Lipinski definition) is 16. The van der Waals surface area contributed by atoms with Crippen molar-refractivity contribution in [2.24, 2.45) is 46.4 Å². The quantitative estimate of drug-likeness (QED) is 0.0290. The Hall–Kier alpha value is -7.50. The highest BCUT2D eigenvalue weighted by Gasteiger charge is 2.41. The second-order valence-corrected chi connectivity index (χ2v) is 19.8. The smallest absolute Gasteiger partial charge is 0.326 e. The van der Waals surface area contributed by atoms with Crippen LogP contribution in [0.2, 0.25) is 0 Å².